The second-order valence-corrected chi connectivity index (χ2v) is 5.54. The predicted molar refractivity (Wildman–Crippen MR) is 73.2 cm³/mol. The molecule has 2 N–H and O–H groups in total. The third kappa shape index (κ3) is 2.62. The number of carbonyl (C=O) groups is 1. The van der Waals surface area contributed by atoms with Crippen LogP contribution >= 0.6 is 0 Å². The van der Waals surface area contributed by atoms with E-state index in [0.29, 0.717) is 5.92 Å². The summed E-state index contributed by atoms with van der Waals surface area (Å²) in [4.78, 5) is 13.5. The van der Waals surface area contributed by atoms with Gasteiger partial charge < -0.3 is 10.5 Å². The van der Waals surface area contributed by atoms with E-state index in [1.54, 1.807) is 0 Å². The van der Waals surface area contributed by atoms with Crippen LogP contribution in [-0.4, -0.2) is 29.8 Å². The Labute approximate surface area is 109 Å². The molecule has 3 atom stereocenters. The van der Waals surface area contributed by atoms with Gasteiger partial charge in [0, 0.05) is 18.6 Å². The SMILES string of the molecule is CC(C)CN1C(c2ccccc2)CC(N)C1C=O. The van der Waals surface area contributed by atoms with Crippen molar-refractivity contribution in [1.29, 1.82) is 0 Å². The first-order valence-electron chi connectivity index (χ1n) is 6.65. The molecule has 3 unspecified atom stereocenters. The lowest BCUT2D eigenvalue weighted by molar-refractivity contribution is -0.112. The topological polar surface area (TPSA) is 46.3 Å². The van der Waals surface area contributed by atoms with Crippen LogP contribution in [0.1, 0.15) is 31.9 Å². The van der Waals surface area contributed by atoms with Crippen molar-refractivity contribution >= 4 is 6.29 Å². The summed E-state index contributed by atoms with van der Waals surface area (Å²) in [6.07, 6.45) is 1.87. The van der Waals surface area contributed by atoms with E-state index in [2.05, 4.69) is 30.9 Å². The summed E-state index contributed by atoms with van der Waals surface area (Å²) in [6, 6.07) is 10.4. The molecule has 0 aromatic heterocycles. The highest BCUT2D eigenvalue weighted by atomic mass is 16.1. The van der Waals surface area contributed by atoms with Crippen LogP contribution in [0.4, 0.5) is 0 Å². The van der Waals surface area contributed by atoms with E-state index in [9.17, 15) is 4.79 Å². The fourth-order valence-corrected chi connectivity index (χ4v) is 2.84. The van der Waals surface area contributed by atoms with Gasteiger partial charge in [0.1, 0.15) is 6.29 Å². The molecule has 1 aromatic rings. The molecule has 3 heteroatoms. The number of likely N-dealkylation sites (tertiary alicyclic amines) is 1. The average Bonchev–Trinajstić information content (AvgIpc) is 2.66. The third-order valence-electron chi connectivity index (χ3n) is 3.62. The minimum absolute atomic E-state index is 0.0496. The minimum atomic E-state index is -0.141. The highest BCUT2D eigenvalue weighted by Crippen LogP contribution is 2.35. The number of hydrogen-bond donors (Lipinski definition) is 1. The van der Waals surface area contributed by atoms with Crippen LogP contribution in [0.3, 0.4) is 0 Å². The number of nitrogens with zero attached hydrogens (tertiary/aromatic N) is 1. The molecule has 0 saturated carbocycles. The lowest BCUT2D eigenvalue weighted by atomic mass is 10.0. The molecule has 2 rings (SSSR count). The summed E-state index contributed by atoms with van der Waals surface area (Å²) in [7, 11) is 0. The van der Waals surface area contributed by atoms with Crippen molar-refractivity contribution in [3.63, 3.8) is 0 Å². The van der Waals surface area contributed by atoms with Crippen LogP contribution < -0.4 is 5.73 Å². The number of nitrogens with two attached hydrogens (primary N) is 1. The molecule has 1 aliphatic rings. The van der Waals surface area contributed by atoms with Gasteiger partial charge in [-0.05, 0) is 17.9 Å². The van der Waals surface area contributed by atoms with E-state index in [0.717, 1.165) is 19.3 Å². The zero-order valence-corrected chi connectivity index (χ0v) is 11.1. The van der Waals surface area contributed by atoms with Gasteiger partial charge >= 0.3 is 0 Å². The van der Waals surface area contributed by atoms with Gasteiger partial charge in [-0.15, -0.1) is 0 Å². The molecule has 0 spiro atoms. The van der Waals surface area contributed by atoms with Crippen LogP contribution in [0.2, 0.25) is 0 Å². The summed E-state index contributed by atoms with van der Waals surface area (Å²) in [5.41, 5.74) is 7.37. The van der Waals surface area contributed by atoms with Gasteiger partial charge in [-0.2, -0.15) is 0 Å². The Bertz CT molecular complexity index is 391. The standard InChI is InChI=1S/C15H22N2O/c1-11(2)9-17-14(8-13(16)15(17)10-18)12-6-4-3-5-7-12/h3-7,10-11,13-15H,8-9,16H2,1-2H3. The van der Waals surface area contributed by atoms with Crippen molar-refractivity contribution in [1.82, 2.24) is 4.90 Å². The molecule has 0 radical (unpaired) electrons. The maximum absolute atomic E-state index is 11.3. The van der Waals surface area contributed by atoms with Gasteiger partial charge in [0.25, 0.3) is 0 Å². The zero-order valence-electron chi connectivity index (χ0n) is 11.1. The van der Waals surface area contributed by atoms with Crippen LogP contribution in [-0.2, 0) is 4.79 Å². The van der Waals surface area contributed by atoms with Crippen LogP contribution in [0.15, 0.2) is 30.3 Å². The largest absolute Gasteiger partial charge is 0.326 e. The molecule has 1 heterocycles. The first-order chi connectivity index (χ1) is 8.63. The second-order valence-electron chi connectivity index (χ2n) is 5.54. The van der Waals surface area contributed by atoms with Gasteiger partial charge in [0.15, 0.2) is 0 Å². The summed E-state index contributed by atoms with van der Waals surface area (Å²) in [6.45, 7) is 5.26. The fourth-order valence-electron chi connectivity index (χ4n) is 2.84. The molecule has 1 saturated heterocycles. The van der Waals surface area contributed by atoms with E-state index >= 15 is 0 Å². The number of hydrogen-bond acceptors (Lipinski definition) is 3. The van der Waals surface area contributed by atoms with E-state index in [1.807, 2.05) is 18.2 Å². The van der Waals surface area contributed by atoms with Gasteiger partial charge in [-0.1, -0.05) is 44.2 Å². The molecule has 18 heavy (non-hydrogen) atoms. The average molecular weight is 246 g/mol. The van der Waals surface area contributed by atoms with Crippen molar-refractivity contribution in [3.8, 4) is 0 Å². The molecule has 3 nitrogen and oxygen atoms in total. The third-order valence-corrected chi connectivity index (χ3v) is 3.62. The summed E-state index contributed by atoms with van der Waals surface area (Å²) >= 11 is 0. The van der Waals surface area contributed by atoms with Crippen LogP contribution in [0.25, 0.3) is 0 Å². The first-order valence-corrected chi connectivity index (χ1v) is 6.65. The maximum Gasteiger partial charge on any atom is 0.138 e. The van der Waals surface area contributed by atoms with Gasteiger partial charge in [0.05, 0.1) is 6.04 Å². The Balaban J connectivity index is 2.25. The molecule has 0 bridgehead atoms. The maximum atomic E-state index is 11.3. The normalized spacial score (nSPS) is 28.8. The summed E-state index contributed by atoms with van der Waals surface area (Å²) in [5, 5.41) is 0. The Hall–Kier alpha value is -1.19. The molecular weight excluding hydrogens is 224 g/mol. The van der Waals surface area contributed by atoms with E-state index in [-0.39, 0.29) is 18.1 Å². The monoisotopic (exact) mass is 246 g/mol. The first kappa shape index (κ1) is 13.2. The van der Waals surface area contributed by atoms with Crippen LogP contribution in [0.5, 0.6) is 0 Å². The zero-order chi connectivity index (χ0) is 13.1. The number of rotatable bonds is 4. The van der Waals surface area contributed by atoms with Crippen molar-refractivity contribution < 1.29 is 4.79 Å². The van der Waals surface area contributed by atoms with Gasteiger partial charge in [0.2, 0.25) is 0 Å². The quantitative estimate of drug-likeness (QED) is 0.826. The smallest absolute Gasteiger partial charge is 0.138 e. The summed E-state index contributed by atoms with van der Waals surface area (Å²) in [5.74, 6) is 0.531. The fraction of sp³-hybridized carbons (Fsp3) is 0.533. The molecule has 1 aromatic carbocycles. The van der Waals surface area contributed by atoms with E-state index in [4.69, 9.17) is 5.73 Å². The van der Waals surface area contributed by atoms with E-state index in [1.165, 1.54) is 5.56 Å². The second kappa shape index (κ2) is 5.63. The number of carbonyl (C=O) groups excluding carboxylic acids is 1. The molecule has 1 fully saturated rings. The minimum Gasteiger partial charge on any atom is -0.326 e. The number of benzene rings is 1. The highest BCUT2D eigenvalue weighted by Gasteiger charge is 2.39. The predicted octanol–water partition coefficient (Wildman–Crippen LogP) is 1.98. The molecule has 98 valence electrons. The lowest BCUT2D eigenvalue weighted by Gasteiger charge is -2.29. The van der Waals surface area contributed by atoms with Crippen molar-refractivity contribution in [3.05, 3.63) is 35.9 Å². The van der Waals surface area contributed by atoms with Gasteiger partial charge in [-0.3, -0.25) is 4.90 Å². The van der Waals surface area contributed by atoms with Crippen molar-refractivity contribution in [2.45, 2.75) is 38.4 Å². The van der Waals surface area contributed by atoms with Gasteiger partial charge in [-0.25, -0.2) is 0 Å². The van der Waals surface area contributed by atoms with Crippen molar-refractivity contribution in [2.24, 2.45) is 11.7 Å². The lowest BCUT2D eigenvalue weighted by Crippen LogP contribution is -2.42. The number of aldehydes is 1. The Morgan fingerprint density at radius 3 is 2.61 bits per heavy atom. The van der Waals surface area contributed by atoms with Crippen molar-refractivity contribution in [2.75, 3.05) is 6.54 Å². The molecule has 0 aliphatic carbocycles. The molecule has 1 aliphatic heterocycles. The van der Waals surface area contributed by atoms with Crippen LogP contribution in [0, 0.1) is 5.92 Å². The Kier molecular flexibility index (Phi) is 4.15. The van der Waals surface area contributed by atoms with E-state index < -0.39 is 0 Å². The Morgan fingerprint density at radius 1 is 1.39 bits per heavy atom. The molecular formula is C15H22N2O. The highest BCUT2D eigenvalue weighted by molar-refractivity contribution is 5.60. The molecule has 0 amide bonds. The Morgan fingerprint density at radius 2 is 2.06 bits per heavy atom. The summed E-state index contributed by atoms with van der Waals surface area (Å²) < 4.78 is 0.